The van der Waals surface area contributed by atoms with E-state index in [-0.39, 0.29) is 0 Å². The van der Waals surface area contributed by atoms with Crippen LogP contribution in [0.15, 0.2) is 0 Å². The van der Waals surface area contributed by atoms with Crippen LogP contribution in [0.1, 0.15) is 40.0 Å². The van der Waals surface area contributed by atoms with Crippen molar-refractivity contribution in [2.45, 2.75) is 57.7 Å². The molecule has 0 aromatic heterocycles. The van der Waals surface area contributed by atoms with E-state index in [9.17, 15) is 5.11 Å². The highest BCUT2D eigenvalue weighted by Gasteiger charge is 2.21. The van der Waals surface area contributed by atoms with E-state index >= 15 is 0 Å². The summed E-state index contributed by atoms with van der Waals surface area (Å²) in [4.78, 5) is 0. The van der Waals surface area contributed by atoms with Gasteiger partial charge in [0.1, 0.15) is 0 Å². The van der Waals surface area contributed by atoms with E-state index in [0.717, 1.165) is 39.0 Å². The summed E-state index contributed by atoms with van der Waals surface area (Å²) in [5.41, 5.74) is -0.584. The van der Waals surface area contributed by atoms with Gasteiger partial charge in [-0.15, -0.1) is 0 Å². The van der Waals surface area contributed by atoms with Crippen LogP contribution in [0.25, 0.3) is 0 Å². The Morgan fingerprint density at radius 3 is 2.94 bits per heavy atom. The van der Waals surface area contributed by atoms with E-state index in [1.54, 1.807) is 0 Å². The van der Waals surface area contributed by atoms with Gasteiger partial charge < -0.3 is 20.5 Å². The van der Waals surface area contributed by atoms with Gasteiger partial charge in [0.15, 0.2) is 0 Å². The van der Waals surface area contributed by atoms with Gasteiger partial charge in [-0.3, -0.25) is 0 Å². The molecule has 1 aliphatic rings. The first kappa shape index (κ1) is 14.9. The van der Waals surface area contributed by atoms with Crippen LogP contribution in [0.3, 0.4) is 0 Å². The maximum atomic E-state index is 10.1. The van der Waals surface area contributed by atoms with Crippen molar-refractivity contribution in [3.63, 3.8) is 0 Å². The lowest BCUT2D eigenvalue weighted by Crippen LogP contribution is -2.47. The Morgan fingerprint density at radius 2 is 2.35 bits per heavy atom. The fourth-order valence-electron chi connectivity index (χ4n) is 2.30. The molecule has 1 rings (SSSR count). The van der Waals surface area contributed by atoms with Crippen LogP contribution in [0, 0.1) is 0 Å². The maximum absolute atomic E-state index is 10.1. The number of ether oxygens (including phenoxy) is 1. The molecule has 1 saturated heterocycles. The Bertz CT molecular complexity index is 204. The molecule has 0 amide bonds. The lowest BCUT2D eigenvalue weighted by Gasteiger charge is -2.29. The normalized spacial score (nSPS) is 26.5. The molecule has 0 saturated carbocycles. The van der Waals surface area contributed by atoms with Crippen molar-refractivity contribution >= 4 is 0 Å². The molecule has 3 unspecified atom stereocenters. The van der Waals surface area contributed by atoms with Crippen molar-refractivity contribution in [2.75, 3.05) is 26.3 Å². The van der Waals surface area contributed by atoms with Crippen molar-refractivity contribution in [3.05, 3.63) is 0 Å². The molecule has 0 aromatic rings. The van der Waals surface area contributed by atoms with Crippen LogP contribution in [0.2, 0.25) is 0 Å². The molecule has 0 spiro atoms. The molecule has 0 radical (unpaired) electrons. The van der Waals surface area contributed by atoms with Crippen molar-refractivity contribution in [2.24, 2.45) is 0 Å². The van der Waals surface area contributed by atoms with Gasteiger partial charge in [0.05, 0.1) is 18.8 Å². The third kappa shape index (κ3) is 6.36. The summed E-state index contributed by atoms with van der Waals surface area (Å²) in [6, 6.07) is 0.847. The van der Waals surface area contributed by atoms with Gasteiger partial charge in [0.2, 0.25) is 0 Å². The zero-order chi connectivity index (χ0) is 12.7. The van der Waals surface area contributed by atoms with Crippen LogP contribution in [-0.2, 0) is 4.74 Å². The summed E-state index contributed by atoms with van der Waals surface area (Å²) >= 11 is 0. The molecule has 0 bridgehead atoms. The summed E-state index contributed by atoms with van der Waals surface area (Å²) in [6.45, 7) is 9.40. The second kappa shape index (κ2) is 7.31. The van der Waals surface area contributed by atoms with Crippen LogP contribution in [0.5, 0.6) is 0 Å². The van der Waals surface area contributed by atoms with Gasteiger partial charge in [0.25, 0.3) is 0 Å². The lowest BCUT2D eigenvalue weighted by molar-refractivity contribution is 0.0439. The number of hydrogen-bond acceptors (Lipinski definition) is 4. The van der Waals surface area contributed by atoms with Gasteiger partial charge >= 0.3 is 0 Å². The predicted molar refractivity (Wildman–Crippen MR) is 70.2 cm³/mol. The van der Waals surface area contributed by atoms with Crippen molar-refractivity contribution in [1.82, 2.24) is 10.6 Å². The monoisotopic (exact) mass is 244 g/mol. The standard InChI is InChI=1S/C13H28N2O2/c1-4-5-13(3,16)10-15-11(2)8-12-9-17-7-6-14-12/h11-12,14-16H,4-10H2,1-3H3. The van der Waals surface area contributed by atoms with E-state index in [1.165, 1.54) is 0 Å². The minimum atomic E-state index is -0.584. The molecular weight excluding hydrogens is 216 g/mol. The second-order valence-electron chi connectivity index (χ2n) is 5.49. The number of aliphatic hydroxyl groups is 1. The fourth-order valence-corrected chi connectivity index (χ4v) is 2.30. The van der Waals surface area contributed by atoms with Crippen molar-refractivity contribution < 1.29 is 9.84 Å². The molecule has 0 aliphatic carbocycles. The van der Waals surface area contributed by atoms with Crippen LogP contribution < -0.4 is 10.6 Å². The third-order valence-electron chi connectivity index (χ3n) is 3.26. The van der Waals surface area contributed by atoms with Crippen LogP contribution >= 0.6 is 0 Å². The van der Waals surface area contributed by atoms with E-state index in [1.807, 2.05) is 6.92 Å². The Kier molecular flexibility index (Phi) is 6.41. The minimum absolute atomic E-state index is 0.400. The first-order valence-electron chi connectivity index (χ1n) is 6.80. The van der Waals surface area contributed by atoms with Crippen molar-refractivity contribution in [1.29, 1.82) is 0 Å². The molecule has 1 heterocycles. The molecule has 102 valence electrons. The molecule has 3 N–H and O–H groups in total. The minimum Gasteiger partial charge on any atom is -0.389 e. The highest BCUT2D eigenvalue weighted by Crippen LogP contribution is 2.11. The first-order valence-corrected chi connectivity index (χ1v) is 6.80. The zero-order valence-electron chi connectivity index (χ0n) is 11.5. The highest BCUT2D eigenvalue weighted by molar-refractivity contribution is 4.80. The number of morpholine rings is 1. The quantitative estimate of drug-likeness (QED) is 0.623. The summed E-state index contributed by atoms with van der Waals surface area (Å²) in [6.07, 6.45) is 2.90. The fraction of sp³-hybridized carbons (Fsp3) is 1.00. The van der Waals surface area contributed by atoms with Crippen LogP contribution in [0.4, 0.5) is 0 Å². The zero-order valence-corrected chi connectivity index (χ0v) is 11.5. The Balaban J connectivity index is 2.17. The van der Waals surface area contributed by atoms with Gasteiger partial charge in [-0.25, -0.2) is 0 Å². The number of hydrogen-bond donors (Lipinski definition) is 3. The average molecular weight is 244 g/mol. The van der Waals surface area contributed by atoms with Gasteiger partial charge in [-0.1, -0.05) is 13.3 Å². The summed E-state index contributed by atoms with van der Waals surface area (Å²) in [5, 5.41) is 16.9. The first-order chi connectivity index (χ1) is 8.03. The summed E-state index contributed by atoms with van der Waals surface area (Å²) in [5.74, 6) is 0. The van der Waals surface area contributed by atoms with E-state index in [2.05, 4.69) is 24.5 Å². The third-order valence-corrected chi connectivity index (χ3v) is 3.26. The van der Waals surface area contributed by atoms with E-state index < -0.39 is 5.60 Å². The van der Waals surface area contributed by atoms with Crippen LogP contribution in [-0.4, -0.2) is 49.1 Å². The molecule has 4 heteroatoms. The molecule has 0 aromatic carbocycles. The largest absolute Gasteiger partial charge is 0.389 e. The van der Waals surface area contributed by atoms with Crippen molar-refractivity contribution in [3.8, 4) is 0 Å². The molecule has 1 fully saturated rings. The second-order valence-corrected chi connectivity index (χ2v) is 5.49. The summed E-state index contributed by atoms with van der Waals surface area (Å²) < 4.78 is 5.43. The number of rotatable bonds is 7. The maximum Gasteiger partial charge on any atom is 0.0743 e. The average Bonchev–Trinajstić information content (AvgIpc) is 2.28. The predicted octanol–water partition coefficient (Wildman–Crippen LogP) is 0.894. The Labute approximate surface area is 105 Å². The van der Waals surface area contributed by atoms with E-state index in [0.29, 0.717) is 18.6 Å². The van der Waals surface area contributed by atoms with E-state index in [4.69, 9.17) is 4.74 Å². The smallest absolute Gasteiger partial charge is 0.0743 e. The number of nitrogens with one attached hydrogen (secondary N) is 2. The van der Waals surface area contributed by atoms with Gasteiger partial charge in [0, 0.05) is 25.2 Å². The molecular formula is C13H28N2O2. The Hall–Kier alpha value is -0.160. The highest BCUT2D eigenvalue weighted by atomic mass is 16.5. The SMILES string of the molecule is CCCC(C)(O)CNC(C)CC1COCCN1. The molecule has 3 atom stereocenters. The van der Waals surface area contributed by atoms with Gasteiger partial charge in [-0.05, 0) is 26.7 Å². The Morgan fingerprint density at radius 1 is 1.59 bits per heavy atom. The molecule has 17 heavy (non-hydrogen) atoms. The molecule has 4 nitrogen and oxygen atoms in total. The topological polar surface area (TPSA) is 53.5 Å². The lowest BCUT2D eigenvalue weighted by atomic mass is 9.99. The van der Waals surface area contributed by atoms with Gasteiger partial charge in [-0.2, -0.15) is 0 Å². The molecule has 1 aliphatic heterocycles. The summed E-state index contributed by atoms with van der Waals surface area (Å²) in [7, 11) is 0.